The summed E-state index contributed by atoms with van der Waals surface area (Å²) in [5.41, 5.74) is -1.15. The maximum Gasteiger partial charge on any atom is 0.347 e. The number of hydrogen-bond acceptors (Lipinski definition) is 7. The molecule has 37 heavy (non-hydrogen) atoms. The first-order chi connectivity index (χ1) is 17.3. The number of ether oxygens (including phenoxy) is 2. The van der Waals surface area contributed by atoms with Crippen molar-refractivity contribution in [2.75, 3.05) is 14.2 Å². The SMILES string of the molecule is COc1cc([C@H]2C3=CCn4c(=O)n(C)c(=O)n4[C@@H]3C[C@@]3(C)C(=O)C(C)=C(C)C(=O)[C@@]23C)cc(OC)c1O. The Hall–Kier alpha value is -3.82. The molecule has 10 nitrogen and oxygen atoms in total. The van der Waals surface area contributed by atoms with Crippen molar-refractivity contribution in [2.45, 2.75) is 52.6 Å². The molecule has 2 aromatic rings. The fourth-order valence-corrected chi connectivity index (χ4v) is 6.77. The van der Waals surface area contributed by atoms with Crippen molar-refractivity contribution in [3.05, 3.63) is 61.5 Å². The molecule has 5 rings (SSSR count). The first-order valence-electron chi connectivity index (χ1n) is 12.1. The number of hydrogen-bond donors (Lipinski definition) is 1. The lowest BCUT2D eigenvalue weighted by Crippen LogP contribution is -2.61. The van der Waals surface area contributed by atoms with Gasteiger partial charge < -0.3 is 14.6 Å². The minimum atomic E-state index is -1.22. The van der Waals surface area contributed by atoms with Crippen LogP contribution in [0.5, 0.6) is 17.2 Å². The van der Waals surface area contributed by atoms with Crippen LogP contribution in [-0.2, 0) is 23.2 Å². The summed E-state index contributed by atoms with van der Waals surface area (Å²) in [4.78, 5) is 54.2. The molecule has 0 bridgehead atoms. The highest BCUT2D eigenvalue weighted by Crippen LogP contribution is 2.66. The predicted molar refractivity (Wildman–Crippen MR) is 134 cm³/mol. The van der Waals surface area contributed by atoms with E-state index >= 15 is 0 Å². The Morgan fingerprint density at radius 1 is 0.946 bits per heavy atom. The summed E-state index contributed by atoms with van der Waals surface area (Å²) >= 11 is 0. The maximum atomic E-state index is 14.2. The Balaban J connectivity index is 1.88. The smallest absolute Gasteiger partial charge is 0.347 e. The van der Waals surface area contributed by atoms with Crippen molar-refractivity contribution in [3.8, 4) is 17.2 Å². The van der Waals surface area contributed by atoms with Crippen LogP contribution in [0.1, 0.15) is 51.6 Å². The number of nitrogens with zero attached hydrogens (tertiary/aromatic N) is 3. The van der Waals surface area contributed by atoms with Crippen LogP contribution in [0.25, 0.3) is 0 Å². The first kappa shape index (κ1) is 24.9. The van der Waals surface area contributed by atoms with E-state index in [-0.39, 0.29) is 41.8 Å². The van der Waals surface area contributed by atoms with Crippen molar-refractivity contribution < 1.29 is 24.2 Å². The van der Waals surface area contributed by atoms with E-state index in [2.05, 4.69) is 0 Å². The Labute approximate surface area is 213 Å². The minimum absolute atomic E-state index is 0.145. The van der Waals surface area contributed by atoms with E-state index in [1.54, 1.807) is 32.9 Å². The summed E-state index contributed by atoms with van der Waals surface area (Å²) in [5, 5.41) is 10.6. The molecule has 0 spiro atoms. The highest BCUT2D eigenvalue weighted by Gasteiger charge is 2.66. The van der Waals surface area contributed by atoms with Gasteiger partial charge in [-0.15, -0.1) is 0 Å². The fraction of sp³-hybridized carbons (Fsp3) is 0.481. The summed E-state index contributed by atoms with van der Waals surface area (Å²) in [6.45, 7) is 7.08. The largest absolute Gasteiger partial charge is 0.502 e. The molecule has 0 radical (unpaired) electrons. The zero-order valence-electron chi connectivity index (χ0n) is 22.0. The molecule has 1 saturated carbocycles. The van der Waals surface area contributed by atoms with Crippen molar-refractivity contribution >= 4 is 11.6 Å². The van der Waals surface area contributed by atoms with Gasteiger partial charge in [0.1, 0.15) is 0 Å². The molecule has 0 saturated heterocycles. The molecule has 3 aliphatic rings. The van der Waals surface area contributed by atoms with Gasteiger partial charge in [-0.3, -0.25) is 9.59 Å². The number of Topliss-reactive ketones (excluding diaryl/α,β-unsaturated/α-hetero) is 2. The molecule has 10 heteroatoms. The Bertz CT molecular complexity index is 1540. The van der Waals surface area contributed by atoms with Crippen LogP contribution in [0.3, 0.4) is 0 Å². The number of carbonyl (C=O) groups excluding carboxylic acids is 2. The second-order valence-electron chi connectivity index (χ2n) is 10.6. The number of aromatic hydroxyl groups is 1. The number of methoxy groups -OCH3 is 2. The third-order valence-electron chi connectivity index (χ3n) is 9.14. The molecule has 1 aromatic heterocycles. The average molecular weight is 510 g/mol. The van der Waals surface area contributed by atoms with E-state index < -0.39 is 34.2 Å². The normalized spacial score (nSPS) is 28.9. The monoisotopic (exact) mass is 509 g/mol. The van der Waals surface area contributed by atoms with Crippen LogP contribution in [0.2, 0.25) is 0 Å². The molecule has 1 fully saturated rings. The fourth-order valence-electron chi connectivity index (χ4n) is 6.77. The minimum Gasteiger partial charge on any atom is -0.502 e. The van der Waals surface area contributed by atoms with E-state index in [0.717, 1.165) is 10.1 Å². The number of phenolic OH excluding ortho intramolecular Hbond substituents is 1. The van der Waals surface area contributed by atoms with Gasteiger partial charge in [-0.2, -0.15) is 0 Å². The highest BCUT2D eigenvalue weighted by molar-refractivity contribution is 6.17. The second-order valence-corrected chi connectivity index (χ2v) is 10.6. The van der Waals surface area contributed by atoms with Gasteiger partial charge in [0, 0.05) is 18.4 Å². The molecule has 4 atom stereocenters. The van der Waals surface area contributed by atoms with Crippen LogP contribution < -0.4 is 20.9 Å². The molecule has 196 valence electrons. The molecule has 2 heterocycles. The van der Waals surface area contributed by atoms with Crippen LogP contribution in [0, 0.1) is 10.8 Å². The van der Waals surface area contributed by atoms with Gasteiger partial charge in [0.05, 0.1) is 32.2 Å². The van der Waals surface area contributed by atoms with Crippen LogP contribution in [0.4, 0.5) is 0 Å². The summed E-state index contributed by atoms with van der Waals surface area (Å²) in [7, 11) is 4.26. The zero-order chi connectivity index (χ0) is 27.2. The number of rotatable bonds is 3. The lowest BCUT2D eigenvalue weighted by atomic mass is 9.43. The van der Waals surface area contributed by atoms with Gasteiger partial charge >= 0.3 is 11.4 Å². The number of allylic oxidation sites excluding steroid dienone is 4. The van der Waals surface area contributed by atoms with Gasteiger partial charge in [-0.25, -0.2) is 23.5 Å². The van der Waals surface area contributed by atoms with Gasteiger partial charge in [-0.1, -0.05) is 19.9 Å². The molecule has 2 aliphatic carbocycles. The van der Waals surface area contributed by atoms with Crippen molar-refractivity contribution in [1.82, 2.24) is 13.9 Å². The van der Waals surface area contributed by atoms with Gasteiger partial charge in [0.2, 0.25) is 5.75 Å². The van der Waals surface area contributed by atoms with E-state index in [1.807, 2.05) is 13.0 Å². The van der Waals surface area contributed by atoms with Crippen LogP contribution in [0.15, 0.2) is 44.5 Å². The molecule has 1 aliphatic heterocycles. The van der Waals surface area contributed by atoms with Crippen LogP contribution >= 0.6 is 0 Å². The van der Waals surface area contributed by atoms with Crippen LogP contribution in [-0.4, -0.2) is 44.8 Å². The number of ketones is 2. The lowest BCUT2D eigenvalue weighted by molar-refractivity contribution is -0.151. The molecule has 1 aromatic carbocycles. The molecular formula is C27H31N3O7. The first-order valence-corrected chi connectivity index (χ1v) is 12.1. The van der Waals surface area contributed by atoms with E-state index in [4.69, 9.17) is 9.47 Å². The van der Waals surface area contributed by atoms with E-state index in [1.165, 1.54) is 30.6 Å². The average Bonchev–Trinajstić information content (AvgIpc) is 3.11. The number of carbonyl (C=O) groups is 2. The molecule has 1 N–H and O–H groups in total. The zero-order valence-corrected chi connectivity index (χ0v) is 22.0. The molecule has 0 unspecified atom stereocenters. The van der Waals surface area contributed by atoms with E-state index in [9.17, 15) is 24.3 Å². The summed E-state index contributed by atoms with van der Waals surface area (Å²) in [6, 6.07) is 2.66. The topological polar surface area (TPSA) is 122 Å². The number of fused-ring (bicyclic) bond motifs is 4. The Morgan fingerprint density at radius 2 is 1.51 bits per heavy atom. The number of aromatic nitrogens is 3. The molecule has 0 amide bonds. The Kier molecular flexibility index (Phi) is 5.27. The van der Waals surface area contributed by atoms with Crippen molar-refractivity contribution in [1.29, 1.82) is 0 Å². The summed E-state index contributed by atoms with van der Waals surface area (Å²) < 4.78 is 14.7. The van der Waals surface area contributed by atoms with Crippen molar-refractivity contribution in [2.24, 2.45) is 17.9 Å². The third kappa shape index (κ3) is 2.86. The maximum absolute atomic E-state index is 14.2. The van der Waals surface area contributed by atoms with Gasteiger partial charge in [-0.05, 0) is 54.7 Å². The molecular weight excluding hydrogens is 478 g/mol. The third-order valence-corrected chi connectivity index (χ3v) is 9.14. The Morgan fingerprint density at radius 3 is 2.08 bits per heavy atom. The predicted octanol–water partition coefficient (Wildman–Crippen LogP) is 2.24. The van der Waals surface area contributed by atoms with E-state index in [0.29, 0.717) is 16.7 Å². The second kappa shape index (κ2) is 7.84. The highest BCUT2D eigenvalue weighted by atomic mass is 16.5. The quantitative estimate of drug-likeness (QED) is 0.630. The summed E-state index contributed by atoms with van der Waals surface area (Å²) in [5.74, 6) is -0.842. The summed E-state index contributed by atoms with van der Waals surface area (Å²) in [6.07, 6.45) is 2.06. The lowest BCUT2D eigenvalue weighted by Gasteiger charge is -2.58. The van der Waals surface area contributed by atoms with Crippen molar-refractivity contribution in [3.63, 3.8) is 0 Å². The number of benzene rings is 1. The van der Waals surface area contributed by atoms with Gasteiger partial charge in [0.25, 0.3) is 0 Å². The standard InChI is InChI=1S/C27H31N3O7/c1-13-14(2)23(33)27(4)20(15-10-18(36-6)21(31)19(11-15)37-7)16-8-9-29-24(34)28(5)25(35)30(29)17(16)12-26(27,3)22(13)32/h8,10-11,17,20,31H,9,12H2,1-7H3/t17-,20+,26+,27-/m1/s1. The number of phenols is 1. The van der Waals surface area contributed by atoms with Gasteiger partial charge in [0.15, 0.2) is 23.1 Å².